The topological polar surface area (TPSA) is 77.8 Å². The summed E-state index contributed by atoms with van der Waals surface area (Å²) in [4.78, 5) is 12.2. The Kier molecular flexibility index (Phi) is 5.03. The smallest absolute Gasteiger partial charge is 0.161 e. The predicted octanol–water partition coefficient (Wildman–Crippen LogP) is 3.38. The van der Waals surface area contributed by atoms with Crippen LogP contribution in [0.2, 0.25) is 0 Å². The van der Waals surface area contributed by atoms with Crippen LogP contribution < -0.4 is 0 Å². The van der Waals surface area contributed by atoms with Gasteiger partial charge in [0.25, 0.3) is 0 Å². The van der Waals surface area contributed by atoms with E-state index in [1.54, 1.807) is 0 Å². The molecule has 1 rings (SSSR count). The van der Waals surface area contributed by atoms with Gasteiger partial charge in [0.2, 0.25) is 0 Å². The monoisotopic (exact) mass is 280 g/mol. The van der Waals surface area contributed by atoms with Crippen molar-refractivity contribution in [2.75, 3.05) is 0 Å². The summed E-state index contributed by atoms with van der Waals surface area (Å²) in [6.45, 7) is 7.96. The molecule has 0 aromatic heterocycles. The van der Waals surface area contributed by atoms with Crippen molar-refractivity contribution >= 4 is 5.78 Å². The molecule has 0 amide bonds. The van der Waals surface area contributed by atoms with Crippen LogP contribution in [0.1, 0.15) is 46.1 Å². The molecule has 0 radical (unpaired) electrons. The third-order valence-electron chi connectivity index (χ3n) is 4.19. The Balaban J connectivity index is 2.62. The van der Waals surface area contributed by atoms with Gasteiger partial charge in [-0.1, -0.05) is 27.7 Å². The van der Waals surface area contributed by atoms with E-state index in [9.17, 15) is 20.1 Å². The second kappa shape index (κ2) is 6.16. The molecule has 0 saturated carbocycles. The Labute approximate surface area is 120 Å². The van der Waals surface area contributed by atoms with Crippen molar-refractivity contribution in [1.29, 1.82) is 0 Å². The Bertz CT molecular complexity index is 489. The summed E-state index contributed by atoms with van der Waals surface area (Å²) in [6.07, 6.45) is 1.53. The molecule has 0 bridgehead atoms. The van der Waals surface area contributed by atoms with E-state index in [1.165, 1.54) is 6.07 Å². The fraction of sp³-hybridized carbons (Fsp3) is 0.562. The van der Waals surface area contributed by atoms with Crippen LogP contribution in [-0.4, -0.2) is 21.1 Å². The molecule has 4 nitrogen and oxygen atoms in total. The van der Waals surface area contributed by atoms with Gasteiger partial charge >= 0.3 is 0 Å². The average molecular weight is 280 g/mol. The molecule has 112 valence electrons. The lowest BCUT2D eigenvalue weighted by Gasteiger charge is -2.27. The molecule has 0 spiro atoms. The summed E-state index contributed by atoms with van der Waals surface area (Å²) in [5, 5.41) is 28.3. The highest BCUT2D eigenvalue weighted by atomic mass is 16.3. The van der Waals surface area contributed by atoms with Crippen molar-refractivity contribution in [2.24, 2.45) is 11.3 Å². The molecule has 0 aliphatic rings. The maximum Gasteiger partial charge on any atom is 0.161 e. The maximum absolute atomic E-state index is 12.2. The van der Waals surface area contributed by atoms with Gasteiger partial charge in [-0.15, -0.1) is 0 Å². The fourth-order valence-corrected chi connectivity index (χ4v) is 1.89. The summed E-state index contributed by atoms with van der Waals surface area (Å²) < 4.78 is 0. The Hall–Kier alpha value is -1.71. The zero-order valence-corrected chi connectivity index (χ0v) is 12.6. The van der Waals surface area contributed by atoms with Gasteiger partial charge in [0, 0.05) is 17.9 Å². The van der Waals surface area contributed by atoms with E-state index in [2.05, 4.69) is 0 Å². The highest BCUT2D eigenvalue weighted by molar-refractivity contribution is 5.84. The number of hydrogen-bond donors (Lipinski definition) is 3. The fourth-order valence-electron chi connectivity index (χ4n) is 1.89. The molecule has 1 aromatic carbocycles. The Morgan fingerprint density at radius 3 is 2.20 bits per heavy atom. The van der Waals surface area contributed by atoms with Gasteiger partial charge < -0.3 is 15.3 Å². The third kappa shape index (κ3) is 3.65. The van der Waals surface area contributed by atoms with E-state index in [-0.39, 0.29) is 34.4 Å². The highest BCUT2D eigenvalue weighted by Gasteiger charge is 2.30. The molecule has 0 atom stereocenters. The van der Waals surface area contributed by atoms with Crippen molar-refractivity contribution in [2.45, 2.75) is 47.0 Å². The van der Waals surface area contributed by atoms with Crippen LogP contribution in [0, 0.1) is 11.3 Å². The van der Waals surface area contributed by atoms with Crippen LogP contribution >= 0.6 is 0 Å². The molecule has 20 heavy (non-hydrogen) atoms. The predicted molar refractivity (Wildman–Crippen MR) is 78.0 cm³/mol. The van der Waals surface area contributed by atoms with E-state index >= 15 is 0 Å². The lowest BCUT2D eigenvalue weighted by Crippen LogP contribution is -2.29. The zero-order chi connectivity index (χ0) is 15.5. The molecule has 0 saturated heterocycles. The number of rotatable bonds is 6. The second-order valence-corrected chi connectivity index (χ2v) is 6.12. The van der Waals surface area contributed by atoms with Gasteiger partial charge in [0.05, 0.1) is 0 Å². The van der Waals surface area contributed by atoms with Crippen LogP contribution in [0.3, 0.4) is 0 Å². The lowest BCUT2D eigenvalue weighted by molar-refractivity contribution is -0.129. The number of Topliss-reactive ketones (excluding diaryl/α,β-unsaturated/α-hetero) is 1. The van der Waals surface area contributed by atoms with Crippen molar-refractivity contribution in [1.82, 2.24) is 0 Å². The van der Waals surface area contributed by atoms with Gasteiger partial charge in [-0.2, -0.15) is 0 Å². The van der Waals surface area contributed by atoms with E-state index in [0.717, 1.165) is 6.07 Å². The molecule has 0 fully saturated rings. The van der Waals surface area contributed by atoms with Crippen molar-refractivity contribution in [3.8, 4) is 17.2 Å². The number of ketones is 1. The molecule has 0 heterocycles. The number of aromatic hydroxyl groups is 3. The molecule has 1 aromatic rings. The molecule has 4 heteroatoms. The summed E-state index contributed by atoms with van der Waals surface area (Å²) in [6, 6.07) is 2.45. The first-order chi connectivity index (χ1) is 9.16. The van der Waals surface area contributed by atoms with Gasteiger partial charge in [-0.25, -0.2) is 0 Å². The molecule has 0 aliphatic heterocycles. The standard InChI is InChI=1S/C16H24O4/c1-10(2)16(3,4)15(20)7-5-6-11-8-13(18)14(19)9-12(11)17/h8-10,17-19H,5-7H2,1-4H3. The van der Waals surface area contributed by atoms with Gasteiger partial charge in [0.1, 0.15) is 11.5 Å². The SMILES string of the molecule is CC(C)C(C)(C)C(=O)CCCc1cc(O)c(O)cc1O. The van der Waals surface area contributed by atoms with E-state index < -0.39 is 0 Å². The van der Waals surface area contributed by atoms with Gasteiger partial charge in [-0.3, -0.25) is 4.79 Å². The normalized spacial score (nSPS) is 11.8. The van der Waals surface area contributed by atoms with Crippen LogP contribution in [0.4, 0.5) is 0 Å². The second-order valence-electron chi connectivity index (χ2n) is 6.12. The minimum absolute atomic E-state index is 0.0594. The minimum atomic E-state index is -0.348. The number of phenolic OH excluding ortho intramolecular Hbond substituents is 3. The number of phenols is 3. The van der Waals surface area contributed by atoms with Crippen molar-refractivity contribution < 1.29 is 20.1 Å². The van der Waals surface area contributed by atoms with Gasteiger partial charge in [-0.05, 0) is 30.4 Å². The van der Waals surface area contributed by atoms with Crippen LogP contribution in [0.15, 0.2) is 12.1 Å². The number of benzene rings is 1. The Morgan fingerprint density at radius 2 is 1.65 bits per heavy atom. The summed E-state index contributed by atoms with van der Waals surface area (Å²) >= 11 is 0. The molecular weight excluding hydrogens is 256 g/mol. The number of carbonyl (C=O) groups is 1. The molecule has 0 unspecified atom stereocenters. The summed E-state index contributed by atoms with van der Waals surface area (Å²) in [7, 11) is 0. The summed E-state index contributed by atoms with van der Waals surface area (Å²) in [5.41, 5.74) is 0.189. The average Bonchev–Trinajstić information content (AvgIpc) is 2.35. The summed E-state index contributed by atoms with van der Waals surface area (Å²) in [5.74, 6) is -0.179. The first-order valence-electron chi connectivity index (χ1n) is 6.93. The minimum Gasteiger partial charge on any atom is -0.508 e. The number of carbonyl (C=O) groups excluding carboxylic acids is 1. The van der Waals surface area contributed by atoms with E-state index in [0.29, 0.717) is 24.8 Å². The third-order valence-corrected chi connectivity index (χ3v) is 4.19. The first kappa shape index (κ1) is 16.3. The van der Waals surface area contributed by atoms with Crippen molar-refractivity contribution in [3.05, 3.63) is 17.7 Å². The van der Waals surface area contributed by atoms with Crippen LogP contribution in [0.25, 0.3) is 0 Å². The molecular formula is C16H24O4. The Morgan fingerprint density at radius 1 is 1.10 bits per heavy atom. The molecule has 0 aliphatic carbocycles. The van der Waals surface area contributed by atoms with Gasteiger partial charge in [0.15, 0.2) is 11.5 Å². The van der Waals surface area contributed by atoms with E-state index in [4.69, 9.17) is 0 Å². The number of aryl methyl sites for hydroxylation is 1. The van der Waals surface area contributed by atoms with Crippen LogP contribution in [0.5, 0.6) is 17.2 Å². The van der Waals surface area contributed by atoms with Crippen molar-refractivity contribution in [3.63, 3.8) is 0 Å². The largest absolute Gasteiger partial charge is 0.508 e. The lowest BCUT2D eigenvalue weighted by atomic mass is 9.76. The zero-order valence-electron chi connectivity index (χ0n) is 12.6. The van der Waals surface area contributed by atoms with E-state index in [1.807, 2.05) is 27.7 Å². The highest BCUT2D eigenvalue weighted by Crippen LogP contribution is 2.33. The van der Waals surface area contributed by atoms with Crippen LogP contribution in [-0.2, 0) is 11.2 Å². The number of hydrogen-bond acceptors (Lipinski definition) is 4. The molecule has 3 N–H and O–H groups in total. The quantitative estimate of drug-likeness (QED) is 0.551. The maximum atomic E-state index is 12.2. The first-order valence-corrected chi connectivity index (χ1v) is 6.93.